The number of carbonyl (C=O) groups excluding carboxylic acids is 1. The molecule has 2 aliphatic heterocycles. The molecule has 0 aliphatic carbocycles. The van der Waals surface area contributed by atoms with Crippen molar-refractivity contribution in [2.45, 2.75) is 18.7 Å². The Kier molecular flexibility index (Phi) is 5.78. The molecule has 1 atom stereocenters. The van der Waals surface area contributed by atoms with E-state index < -0.39 is 17.6 Å². The van der Waals surface area contributed by atoms with Gasteiger partial charge in [-0.2, -0.15) is 13.2 Å². The lowest BCUT2D eigenvalue weighted by Gasteiger charge is -2.16. The van der Waals surface area contributed by atoms with Gasteiger partial charge in [-0.25, -0.2) is 15.0 Å². The van der Waals surface area contributed by atoms with Crippen LogP contribution in [0, 0.1) is 0 Å². The van der Waals surface area contributed by atoms with E-state index >= 15 is 0 Å². The number of likely N-dealkylation sites (tertiary alicyclic amines) is 1. The number of hydrogen-bond donors (Lipinski definition) is 2. The average molecular weight is 488 g/mol. The molecule has 4 heterocycles. The largest absolute Gasteiger partial charge is 0.489 e. The van der Waals surface area contributed by atoms with Crippen LogP contribution in [-0.2, 0) is 11.0 Å². The highest BCUT2D eigenvalue weighted by Gasteiger charge is 2.35. The summed E-state index contributed by atoms with van der Waals surface area (Å²) in [7, 11) is 1.94. The molecule has 8 nitrogen and oxygen atoms in total. The molecule has 2 saturated heterocycles. The SMILES string of the molecule is CN1CCC(Oc2ccc(/N=C3/NC(=O)/C(=C/c4c[nH]c5ncncc45)S3)c(C(F)(F)F)c2)C1. The molecule has 2 aliphatic rings. The van der Waals surface area contributed by atoms with E-state index in [0.29, 0.717) is 22.7 Å². The van der Waals surface area contributed by atoms with Crippen LogP contribution in [0.5, 0.6) is 5.75 Å². The summed E-state index contributed by atoms with van der Waals surface area (Å²) in [6.45, 7) is 1.49. The van der Waals surface area contributed by atoms with Gasteiger partial charge in [-0.1, -0.05) is 0 Å². The van der Waals surface area contributed by atoms with Gasteiger partial charge < -0.3 is 19.9 Å². The molecular weight excluding hydrogens is 469 g/mol. The van der Waals surface area contributed by atoms with E-state index in [9.17, 15) is 18.0 Å². The number of ether oxygens (including phenoxy) is 1. The molecule has 0 bridgehead atoms. The molecule has 176 valence electrons. The van der Waals surface area contributed by atoms with Crippen molar-refractivity contribution in [1.29, 1.82) is 0 Å². The number of aromatic amines is 1. The lowest BCUT2D eigenvalue weighted by Crippen LogP contribution is -2.21. The molecule has 2 aromatic heterocycles. The number of thioether (sulfide) groups is 1. The van der Waals surface area contributed by atoms with Gasteiger partial charge in [0.2, 0.25) is 0 Å². The van der Waals surface area contributed by atoms with Crippen molar-refractivity contribution in [1.82, 2.24) is 25.2 Å². The lowest BCUT2D eigenvalue weighted by atomic mass is 10.1. The minimum absolute atomic E-state index is 0.0592. The van der Waals surface area contributed by atoms with Crippen LogP contribution < -0.4 is 10.1 Å². The number of carbonyl (C=O) groups is 1. The van der Waals surface area contributed by atoms with Gasteiger partial charge in [-0.05, 0) is 49.5 Å². The second-order valence-corrected chi connectivity index (χ2v) is 9.01. The van der Waals surface area contributed by atoms with E-state index in [2.05, 4.69) is 30.2 Å². The normalized spacial score (nSPS) is 21.6. The Balaban J connectivity index is 1.41. The highest BCUT2D eigenvalue weighted by molar-refractivity contribution is 8.18. The number of alkyl halides is 3. The van der Waals surface area contributed by atoms with E-state index in [1.807, 2.05) is 7.05 Å². The highest BCUT2D eigenvalue weighted by atomic mass is 32.2. The fourth-order valence-corrected chi connectivity index (χ4v) is 4.65. The number of rotatable bonds is 4. The van der Waals surface area contributed by atoms with Gasteiger partial charge in [0.1, 0.15) is 23.8 Å². The summed E-state index contributed by atoms with van der Waals surface area (Å²) in [5, 5.41) is 3.31. The predicted molar refractivity (Wildman–Crippen MR) is 123 cm³/mol. The maximum Gasteiger partial charge on any atom is 0.418 e. The number of H-pyrrole nitrogens is 1. The van der Waals surface area contributed by atoms with Crippen LogP contribution in [0.15, 0.2) is 46.8 Å². The molecule has 3 aromatic rings. The molecule has 5 rings (SSSR count). The molecule has 0 radical (unpaired) electrons. The Morgan fingerprint density at radius 2 is 2.21 bits per heavy atom. The van der Waals surface area contributed by atoms with Gasteiger partial charge in [-0.15, -0.1) is 0 Å². The van der Waals surface area contributed by atoms with Crippen molar-refractivity contribution >= 4 is 45.6 Å². The van der Waals surface area contributed by atoms with E-state index in [1.165, 1.54) is 18.5 Å². The number of amidine groups is 1. The summed E-state index contributed by atoms with van der Waals surface area (Å²) < 4.78 is 47.1. The predicted octanol–water partition coefficient (Wildman–Crippen LogP) is 3.95. The van der Waals surface area contributed by atoms with Gasteiger partial charge in [-0.3, -0.25) is 4.79 Å². The van der Waals surface area contributed by atoms with Crippen molar-refractivity contribution in [2.75, 3.05) is 20.1 Å². The highest BCUT2D eigenvalue weighted by Crippen LogP contribution is 2.40. The summed E-state index contributed by atoms with van der Waals surface area (Å²) in [5.41, 5.74) is 0.0721. The van der Waals surface area contributed by atoms with Crippen LogP contribution >= 0.6 is 11.8 Å². The van der Waals surface area contributed by atoms with Crippen molar-refractivity contribution in [3.8, 4) is 5.75 Å². The number of amides is 1. The number of nitrogens with one attached hydrogen (secondary N) is 2. The van der Waals surface area contributed by atoms with Gasteiger partial charge in [0.15, 0.2) is 5.17 Å². The number of aromatic nitrogens is 3. The van der Waals surface area contributed by atoms with Crippen molar-refractivity contribution in [2.24, 2.45) is 4.99 Å². The lowest BCUT2D eigenvalue weighted by molar-refractivity contribution is -0.137. The van der Waals surface area contributed by atoms with Crippen LogP contribution in [0.3, 0.4) is 0 Å². The second kappa shape index (κ2) is 8.76. The van der Waals surface area contributed by atoms with Crippen LogP contribution in [0.1, 0.15) is 17.5 Å². The molecule has 1 amide bonds. The number of nitrogens with zero attached hydrogens (tertiary/aromatic N) is 4. The molecule has 1 aromatic carbocycles. The molecule has 12 heteroatoms. The number of aliphatic imine (C=N–C) groups is 1. The first-order valence-corrected chi connectivity index (χ1v) is 11.2. The van der Waals surface area contributed by atoms with E-state index in [4.69, 9.17) is 4.74 Å². The third-order valence-corrected chi connectivity index (χ3v) is 6.38. The standard InChI is InChI=1S/C22H19F3N6O2S/c1-31-5-4-14(10-31)33-13-2-3-17(16(7-13)22(23,24)25)29-21-30-20(32)18(34-21)6-12-8-27-19-15(12)9-26-11-28-19/h2-3,6-9,11,14H,4-5,10H2,1H3,(H,26,27,28)(H,29,30,32)/b18-6-. The second-order valence-electron chi connectivity index (χ2n) is 7.98. The van der Waals surface area contributed by atoms with Gasteiger partial charge in [0.05, 0.1) is 16.2 Å². The molecule has 34 heavy (non-hydrogen) atoms. The first-order valence-electron chi connectivity index (χ1n) is 10.4. The van der Waals surface area contributed by atoms with Gasteiger partial charge in [0.25, 0.3) is 5.91 Å². The zero-order valence-electron chi connectivity index (χ0n) is 17.9. The fourth-order valence-electron chi connectivity index (χ4n) is 3.83. The summed E-state index contributed by atoms with van der Waals surface area (Å²) >= 11 is 0.962. The summed E-state index contributed by atoms with van der Waals surface area (Å²) in [4.78, 5) is 29.9. The molecule has 2 fully saturated rings. The first kappa shape index (κ1) is 22.4. The molecular formula is C22H19F3N6O2S. The summed E-state index contributed by atoms with van der Waals surface area (Å²) in [6, 6.07) is 3.69. The van der Waals surface area contributed by atoms with Crippen molar-refractivity contribution in [3.05, 3.63) is 53.0 Å². The molecule has 0 spiro atoms. The third-order valence-electron chi connectivity index (χ3n) is 5.47. The Morgan fingerprint density at radius 3 is 2.97 bits per heavy atom. The Morgan fingerprint density at radius 1 is 1.35 bits per heavy atom. The van der Waals surface area contributed by atoms with Crippen LogP contribution in [0.25, 0.3) is 17.1 Å². The van der Waals surface area contributed by atoms with Crippen LogP contribution in [0.2, 0.25) is 0 Å². The number of halogens is 3. The monoisotopic (exact) mass is 488 g/mol. The number of benzene rings is 1. The Labute approximate surface area is 196 Å². The number of likely N-dealkylation sites (N-methyl/N-ethyl adjacent to an activating group) is 1. The minimum atomic E-state index is -4.64. The molecule has 2 N–H and O–H groups in total. The molecule has 1 unspecified atom stereocenters. The Bertz CT molecular complexity index is 1320. The summed E-state index contributed by atoms with van der Waals surface area (Å²) in [6.07, 6.45) is 2.26. The number of hydrogen-bond acceptors (Lipinski definition) is 7. The van der Waals surface area contributed by atoms with Crippen LogP contribution in [-0.4, -0.2) is 57.2 Å². The zero-order chi connectivity index (χ0) is 23.9. The van der Waals surface area contributed by atoms with Crippen LogP contribution in [0.4, 0.5) is 18.9 Å². The van der Waals surface area contributed by atoms with E-state index in [0.717, 1.165) is 36.2 Å². The van der Waals surface area contributed by atoms with Crippen molar-refractivity contribution < 1.29 is 22.7 Å². The smallest absolute Gasteiger partial charge is 0.418 e. The minimum Gasteiger partial charge on any atom is -0.489 e. The molecule has 0 saturated carbocycles. The fraction of sp³-hybridized carbons (Fsp3) is 0.273. The number of fused-ring (bicyclic) bond motifs is 1. The zero-order valence-corrected chi connectivity index (χ0v) is 18.7. The maximum absolute atomic E-state index is 13.8. The quantitative estimate of drug-likeness (QED) is 0.540. The van der Waals surface area contributed by atoms with Gasteiger partial charge in [0, 0.05) is 36.4 Å². The van der Waals surface area contributed by atoms with E-state index in [-0.39, 0.29) is 22.7 Å². The van der Waals surface area contributed by atoms with E-state index in [1.54, 1.807) is 18.5 Å². The average Bonchev–Trinajstić information content (AvgIpc) is 3.48. The first-order chi connectivity index (χ1) is 16.3. The maximum atomic E-state index is 13.8. The summed E-state index contributed by atoms with van der Waals surface area (Å²) in [5.74, 6) is -0.310. The Hall–Kier alpha value is -3.38. The van der Waals surface area contributed by atoms with Crippen molar-refractivity contribution in [3.63, 3.8) is 0 Å². The van der Waals surface area contributed by atoms with Gasteiger partial charge >= 0.3 is 6.18 Å². The topological polar surface area (TPSA) is 95.5 Å². The third kappa shape index (κ3) is 4.64.